The maximum atomic E-state index is 13.3. The molecule has 0 aliphatic carbocycles. The molecule has 1 N–H and O–H groups in total. The zero-order valence-electron chi connectivity index (χ0n) is 20.7. The van der Waals surface area contributed by atoms with E-state index in [0.717, 1.165) is 16.7 Å². The van der Waals surface area contributed by atoms with Crippen LogP contribution in [0.15, 0.2) is 72.4 Å². The van der Waals surface area contributed by atoms with E-state index in [9.17, 15) is 14.7 Å². The maximum absolute atomic E-state index is 13.3. The van der Waals surface area contributed by atoms with Gasteiger partial charge in [-0.2, -0.15) is 0 Å². The smallest absolute Gasteiger partial charge is 0.296 e. The first-order valence-corrected chi connectivity index (χ1v) is 11.6. The quantitative estimate of drug-likeness (QED) is 0.310. The van der Waals surface area contributed by atoms with Crippen molar-refractivity contribution in [2.45, 2.75) is 45.7 Å². The van der Waals surface area contributed by atoms with Gasteiger partial charge in [0.05, 0.1) is 31.0 Å². The van der Waals surface area contributed by atoms with Crippen LogP contribution >= 0.6 is 0 Å². The first kappa shape index (κ1) is 24.2. The van der Waals surface area contributed by atoms with E-state index in [1.54, 1.807) is 31.5 Å². The van der Waals surface area contributed by atoms with Gasteiger partial charge in [0.2, 0.25) is 0 Å². The van der Waals surface area contributed by atoms with Gasteiger partial charge in [-0.1, -0.05) is 56.7 Å². The number of hydrogen-bond donors (Lipinski definition) is 1. The van der Waals surface area contributed by atoms with Gasteiger partial charge in [0.25, 0.3) is 11.7 Å². The second kappa shape index (κ2) is 9.37. The first-order chi connectivity index (χ1) is 16.6. The van der Waals surface area contributed by atoms with E-state index in [2.05, 4.69) is 4.98 Å². The molecule has 0 bridgehead atoms. The summed E-state index contributed by atoms with van der Waals surface area (Å²) in [6.45, 7) is 8.25. The molecular weight excluding hydrogens is 440 g/mol. The summed E-state index contributed by atoms with van der Waals surface area (Å²) in [5.74, 6) is -0.877. The number of likely N-dealkylation sites (tertiary alicyclic amines) is 1. The highest BCUT2D eigenvalue weighted by atomic mass is 16.5. The molecule has 1 atom stereocenters. The van der Waals surface area contributed by atoms with Gasteiger partial charge in [0.1, 0.15) is 11.5 Å². The summed E-state index contributed by atoms with van der Waals surface area (Å²) in [6, 6.07) is 17.7. The Labute approximate surface area is 205 Å². The minimum Gasteiger partial charge on any atom is -0.507 e. The number of aliphatic hydroxyl groups is 1. The lowest BCUT2D eigenvalue weighted by Gasteiger charge is -2.26. The number of hydrogen-bond acceptors (Lipinski definition) is 5. The second-order valence-corrected chi connectivity index (χ2v) is 9.83. The summed E-state index contributed by atoms with van der Waals surface area (Å²) < 4.78 is 5.52. The van der Waals surface area contributed by atoms with Crippen molar-refractivity contribution in [1.82, 2.24) is 9.88 Å². The number of ketones is 1. The van der Waals surface area contributed by atoms with E-state index in [1.165, 1.54) is 4.90 Å². The first-order valence-electron chi connectivity index (χ1n) is 11.6. The van der Waals surface area contributed by atoms with Crippen LogP contribution in [0.2, 0.25) is 0 Å². The lowest BCUT2D eigenvalue weighted by atomic mass is 9.84. The average Bonchev–Trinajstić information content (AvgIpc) is 3.08. The lowest BCUT2D eigenvalue weighted by Crippen LogP contribution is -2.29. The second-order valence-electron chi connectivity index (χ2n) is 9.83. The van der Waals surface area contributed by atoms with Crippen molar-refractivity contribution in [2.75, 3.05) is 7.11 Å². The standard InChI is InChI=1S/C29H30N2O4/c1-18-9-8-10-19(15-18)25-24(27(33)28(34)31(25)17-21-11-6-7-14-30-21)26(32)20-12-13-23(35-5)22(16-20)29(2,3)4/h6-16,25,32H,17H2,1-5H3/b26-24-. The number of benzene rings is 2. The third kappa shape index (κ3) is 4.69. The zero-order valence-corrected chi connectivity index (χ0v) is 20.7. The molecule has 35 heavy (non-hydrogen) atoms. The van der Waals surface area contributed by atoms with Crippen molar-refractivity contribution < 1.29 is 19.4 Å². The van der Waals surface area contributed by atoms with Gasteiger partial charge >= 0.3 is 0 Å². The van der Waals surface area contributed by atoms with Crippen molar-refractivity contribution in [3.05, 3.63) is 100 Å². The van der Waals surface area contributed by atoms with Crippen molar-refractivity contribution in [1.29, 1.82) is 0 Å². The van der Waals surface area contributed by atoms with Gasteiger partial charge in [-0.05, 0) is 48.2 Å². The van der Waals surface area contributed by atoms with Gasteiger partial charge in [0, 0.05) is 17.3 Å². The van der Waals surface area contributed by atoms with Crippen molar-refractivity contribution in [2.24, 2.45) is 0 Å². The molecule has 1 amide bonds. The topological polar surface area (TPSA) is 79.7 Å². The lowest BCUT2D eigenvalue weighted by molar-refractivity contribution is -0.140. The number of methoxy groups -OCH3 is 1. The van der Waals surface area contributed by atoms with Gasteiger partial charge in [-0.3, -0.25) is 14.6 Å². The van der Waals surface area contributed by atoms with Crippen LogP contribution in [0.1, 0.15) is 54.8 Å². The van der Waals surface area contributed by atoms with Crippen LogP contribution in [-0.4, -0.2) is 33.8 Å². The van der Waals surface area contributed by atoms with Crippen LogP contribution in [-0.2, 0) is 21.5 Å². The third-order valence-corrected chi connectivity index (χ3v) is 6.24. The van der Waals surface area contributed by atoms with E-state index >= 15 is 0 Å². The molecule has 6 nitrogen and oxygen atoms in total. The molecule has 2 aromatic carbocycles. The fraction of sp³-hybridized carbons (Fsp3) is 0.276. The Bertz CT molecular complexity index is 1310. The molecule has 3 aromatic rings. The number of nitrogens with zero attached hydrogens (tertiary/aromatic N) is 2. The Morgan fingerprint density at radius 1 is 1.06 bits per heavy atom. The molecule has 0 spiro atoms. The normalized spacial score (nSPS) is 17.6. The Morgan fingerprint density at radius 3 is 2.46 bits per heavy atom. The monoisotopic (exact) mass is 470 g/mol. The Morgan fingerprint density at radius 2 is 1.83 bits per heavy atom. The average molecular weight is 471 g/mol. The van der Waals surface area contributed by atoms with Crippen LogP contribution in [0.4, 0.5) is 0 Å². The number of amides is 1. The molecule has 0 radical (unpaired) electrons. The van der Waals surface area contributed by atoms with Gasteiger partial charge in [-0.25, -0.2) is 0 Å². The predicted molar refractivity (Wildman–Crippen MR) is 135 cm³/mol. The summed E-state index contributed by atoms with van der Waals surface area (Å²) in [5, 5.41) is 11.5. The molecular formula is C29H30N2O4. The Kier molecular flexibility index (Phi) is 6.48. The summed E-state index contributed by atoms with van der Waals surface area (Å²) in [6.07, 6.45) is 1.65. The highest BCUT2D eigenvalue weighted by molar-refractivity contribution is 6.46. The Balaban J connectivity index is 1.90. The maximum Gasteiger partial charge on any atom is 0.296 e. The van der Waals surface area contributed by atoms with Crippen molar-refractivity contribution in [3.63, 3.8) is 0 Å². The fourth-order valence-corrected chi connectivity index (χ4v) is 4.49. The number of pyridine rings is 1. The molecule has 4 rings (SSSR count). The Hall–Kier alpha value is -3.93. The number of aliphatic hydroxyl groups excluding tert-OH is 1. The zero-order chi connectivity index (χ0) is 25.3. The number of aryl methyl sites for hydroxylation is 1. The number of aromatic nitrogens is 1. The molecule has 1 unspecified atom stereocenters. The molecule has 1 aliphatic heterocycles. The van der Waals surface area contributed by atoms with Gasteiger partial charge in [0.15, 0.2) is 0 Å². The summed E-state index contributed by atoms with van der Waals surface area (Å²) in [4.78, 5) is 32.4. The van der Waals surface area contributed by atoms with E-state index in [1.807, 2.05) is 70.2 Å². The van der Waals surface area contributed by atoms with Crippen LogP contribution < -0.4 is 4.74 Å². The molecule has 1 aromatic heterocycles. The molecule has 1 fully saturated rings. The van der Waals surface area contributed by atoms with E-state index in [0.29, 0.717) is 17.0 Å². The number of rotatable bonds is 5. The number of carbonyl (C=O) groups is 2. The van der Waals surface area contributed by atoms with Crippen LogP contribution in [0.25, 0.3) is 5.76 Å². The highest BCUT2D eigenvalue weighted by Gasteiger charge is 2.46. The molecule has 1 aliphatic rings. The van der Waals surface area contributed by atoms with Crippen molar-refractivity contribution in [3.8, 4) is 5.75 Å². The number of Topliss-reactive ketones (excluding diaryl/α,β-unsaturated/α-hetero) is 1. The third-order valence-electron chi connectivity index (χ3n) is 6.24. The fourth-order valence-electron chi connectivity index (χ4n) is 4.49. The largest absolute Gasteiger partial charge is 0.507 e. The predicted octanol–water partition coefficient (Wildman–Crippen LogP) is 5.32. The minimum absolute atomic E-state index is 0.0709. The molecule has 180 valence electrons. The number of ether oxygens (including phenoxy) is 1. The van der Waals surface area contributed by atoms with Gasteiger partial charge in [-0.15, -0.1) is 0 Å². The highest BCUT2D eigenvalue weighted by Crippen LogP contribution is 2.41. The van der Waals surface area contributed by atoms with Gasteiger partial charge < -0.3 is 14.7 Å². The van der Waals surface area contributed by atoms with E-state index in [-0.39, 0.29) is 23.3 Å². The summed E-state index contributed by atoms with van der Waals surface area (Å²) >= 11 is 0. The van der Waals surface area contributed by atoms with E-state index < -0.39 is 17.7 Å². The van der Waals surface area contributed by atoms with Crippen LogP contribution in [0.3, 0.4) is 0 Å². The van der Waals surface area contributed by atoms with Crippen LogP contribution in [0, 0.1) is 6.92 Å². The van der Waals surface area contributed by atoms with Crippen molar-refractivity contribution >= 4 is 17.4 Å². The summed E-state index contributed by atoms with van der Waals surface area (Å²) in [7, 11) is 1.60. The summed E-state index contributed by atoms with van der Waals surface area (Å²) in [5.41, 5.74) is 3.57. The van der Waals surface area contributed by atoms with E-state index in [4.69, 9.17) is 4.74 Å². The SMILES string of the molecule is COc1ccc(/C(O)=C2/C(=O)C(=O)N(Cc3ccccn3)C2c2cccc(C)c2)cc1C(C)(C)C. The molecule has 6 heteroatoms. The van der Waals surface area contributed by atoms with Crippen LogP contribution in [0.5, 0.6) is 5.75 Å². The number of carbonyl (C=O) groups excluding carboxylic acids is 2. The molecule has 1 saturated heterocycles. The molecule has 2 heterocycles. The minimum atomic E-state index is -0.739. The molecule has 0 saturated carbocycles.